The summed E-state index contributed by atoms with van der Waals surface area (Å²) in [6.07, 6.45) is 2.23. The lowest BCUT2D eigenvalue weighted by atomic mass is 9.98. The maximum atomic E-state index is 11.6. The molecular weight excluding hydrogens is 466 g/mol. The first-order chi connectivity index (χ1) is 17.0. The van der Waals surface area contributed by atoms with E-state index in [0.29, 0.717) is 17.9 Å². The van der Waals surface area contributed by atoms with Crippen LogP contribution in [0, 0.1) is 11.3 Å². The van der Waals surface area contributed by atoms with Crippen molar-refractivity contribution in [1.29, 1.82) is 5.26 Å². The second-order valence-corrected chi connectivity index (χ2v) is 8.79. The molecule has 3 aromatic rings. The number of nitriles is 1. The predicted octanol–water partition coefficient (Wildman–Crippen LogP) is 6.33. The maximum Gasteiger partial charge on any atom is 0.163 e. The molecule has 180 valence electrons. The van der Waals surface area contributed by atoms with E-state index in [1.165, 1.54) is 13.0 Å². The number of carbonyl (C=O) groups excluding carboxylic acids is 1. The van der Waals surface area contributed by atoms with Crippen LogP contribution in [-0.4, -0.2) is 23.8 Å². The van der Waals surface area contributed by atoms with Crippen LogP contribution in [-0.2, 0) is 16.1 Å². The van der Waals surface area contributed by atoms with Gasteiger partial charge in [-0.15, -0.1) is 0 Å². The van der Waals surface area contributed by atoms with Crippen LogP contribution in [0.2, 0.25) is 5.02 Å². The molecule has 1 saturated heterocycles. The number of Topliss-reactive ketones (excluding diaryl/α,β-unsaturated/α-hetero) is 1. The van der Waals surface area contributed by atoms with E-state index < -0.39 is 0 Å². The van der Waals surface area contributed by atoms with Crippen molar-refractivity contribution in [3.05, 3.63) is 93.5 Å². The third-order valence-corrected chi connectivity index (χ3v) is 6.25. The number of nitrogens with zero attached hydrogens (tertiary/aromatic N) is 1. The zero-order valence-electron chi connectivity index (χ0n) is 19.4. The fourth-order valence-electron chi connectivity index (χ4n) is 3.98. The quantitative estimate of drug-likeness (QED) is 0.370. The summed E-state index contributed by atoms with van der Waals surface area (Å²) in [5, 5.41) is 19.5. The van der Waals surface area contributed by atoms with Crippen LogP contribution in [0.5, 0.6) is 11.5 Å². The number of ketones is 1. The van der Waals surface area contributed by atoms with Crippen LogP contribution in [0.25, 0.3) is 0 Å². The fourth-order valence-corrected chi connectivity index (χ4v) is 4.20. The van der Waals surface area contributed by atoms with Crippen molar-refractivity contribution in [3.63, 3.8) is 0 Å². The SMILES string of the molecule is CC(=O)c1ccc(OCc2ccc(C(OC3CCCCO3)c3cccc(C#N)c3)cc2)c(Cl)c1O. The summed E-state index contributed by atoms with van der Waals surface area (Å²) in [6.45, 7) is 2.26. The molecule has 4 rings (SSSR count). The molecule has 1 aliphatic rings. The van der Waals surface area contributed by atoms with Gasteiger partial charge in [-0.3, -0.25) is 4.79 Å². The Balaban J connectivity index is 1.51. The zero-order chi connectivity index (χ0) is 24.8. The molecule has 1 heterocycles. The van der Waals surface area contributed by atoms with Crippen molar-refractivity contribution >= 4 is 17.4 Å². The third-order valence-electron chi connectivity index (χ3n) is 5.88. The topological polar surface area (TPSA) is 88.8 Å². The molecule has 0 spiro atoms. The minimum Gasteiger partial charge on any atom is -0.505 e. The van der Waals surface area contributed by atoms with Crippen molar-refractivity contribution in [2.45, 2.75) is 45.2 Å². The Hall–Kier alpha value is -3.37. The van der Waals surface area contributed by atoms with Crippen LogP contribution in [0.1, 0.15) is 64.9 Å². The number of hydrogen-bond acceptors (Lipinski definition) is 6. The summed E-state index contributed by atoms with van der Waals surface area (Å²) < 4.78 is 17.9. The monoisotopic (exact) mass is 491 g/mol. The summed E-state index contributed by atoms with van der Waals surface area (Å²) in [6, 6.07) is 20.4. The number of aromatic hydroxyl groups is 1. The predicted molar refractivity (Wildman–Crippen MR) is 132 cm³/mol. The lowest BCUT2D eigenvalue weighted by Gasteiger charge is -2.28. The molecule has 35 heavy (non-hydrogen) atoms. The van der Waals surface area contributed by atoms with Crippen LogP contribution in [0.4, 0.5) is 0 Å². The number of halogens is 1. The Kier molecular flexibility index (Phi) is 8.04. The molecule has 7 heteroatoms. The average Bonchev–Trinajstić information content (AvgIpc) is 2.89. The molecule has 1 fully saturated rings. The van der Waals surface area contributed by atoms with Crippen LogP contribution >= 0.6 is 11.6 Å². The van der Waals surface area contributed by atoms with E-state index in [0.717, 1.165) is 36.0 Å². The number of hydrogen-bond donors (Lipinski definition) is 1. The summed E-state index contributed by atoms with van der Waals surface area (Å²) in [5.74, 6) is -0.263. The molecule has 6 nitrogen and oxygen atoms in total. The molecular formula is C28H26ClNO5. The number of benzene rings is 3. The molecule has 0 saturated carbocycles. The highest BCUT2D eigenvalue weighted by Crippen LogP contribution is 2.37. The van der Waals surface area contributed by atoms with Gasteiger partial charge in [0.2, 0.25) is 0 Å². The summed E-state index contributed by atoms with van der Waals surface area (Å²) >= 11 is 6.18. The van der Waals surface area contributed by atoms with Gasteiger partial charge in [0, 0.05) is 6.61 Å². The standard InChI is InChI=1S/C28H26ClNO5/c1-18(31)23-12-13-24(26(29)27(23)32)34-17-19-8-10-21(11-9-19)28(35-25-7-2-3-14-33-25)22-6-4-5-20(15-22)16-30/h4-6,8-13,15,25,28,32H,2-3,7,14,17H2,1H3. The molecule has 1 N–H and O–H groups in total. The summed E-state index contributed by atoms with van der Waals surface area (Å²) in [7, 11) is 0. The minimum absolute atomic E-state index is 0.00707. The molecule has 0 amide bonds. The lowest BCUT2D eigenvalue weighted by Crippen LogP contribution is -2.25. The van der Waals surface area contributed by atoms with Crippen molar-refractivity contribution in [2.75, 3.05) is 6.61 Å². The minimum atomic E-state index is -0.383. The van der Waals surface area contributed by atoms with Gasteiger partial charge in [0.15, 0.2) is 12.1 Å². The van der Waals surface area contributed by atoms with E-state index in [1.54, 1.807) is 12.1 Å². The van der Waals surface area contributed by atoms with Crippen molar-refractivity contribution in [3.8, 4) is 17.6 Å². The lowest BCUT2D eigenvalue weighted by molar-refractivity contribution is -0.181. The Morgan fingerprint density at radius 2 is 1.97 bits per heavy atom. The Labute approximate surface area is 209 Å². The first kappa shape index (κ1) is 24.7. The smallest absolute Gasteiger partial charge is 0.163 e. The molecule has 0 aliphatic carbocycles. The van der Waals surface area contributed by atoms with Gasteiger partial charge in [-0.2, -0.15) is 5.26 Å². The van der Waals surface area contributed by atoms with Gasteiger partial charge in [-0.05, 0) is 67.1 Å². The highest BCUT2D eigenvalue weighted by atomic mass is 35.5. The van der Waals surface area contributed by atoms with Crippen molar-refractivity contribution in [2.24, 2.45) is 0 Å². The summed E-state index contributed by atoms with van der Waals surface area (Å²) in [5.41, 5.74) is 3.43. The largest absolute Gasteiger partial charge is 0.505 e. The van der Waals surface area contributed by atoms with E-state index in [4.69, 9.17) is 25.8 Å². The number of rotatable bonds is 8. The molecule has 2 atom stereocenters. The van der Waals surface area contributed by atoms with E-state index in [-0.39, 0.29) is 41.1 Å². The van der Waals surface area contributed by atoms with Gasteiger partial charge in [0.1, 0.15) is 29.2 Å². The highest BCUT2D eigenvalue weighted by Gasteiger charge is 2.23. The number of phenolic OH excluding ortho intramolecular Hbond substituents is 1. The van der Waals surface area contributed by atoms with E-state index in [2.05, 4.69) is 6.07 Å². The highest BCUT2D eigenvalue weighted by molar-refractivity contribution is 6.34. The first-order valence-electron chi connectivity index (χ1n) is 11.5. The molecule has 0 radical (unpaired) electrons. The van der Waals surface area contributed by atoms with Gasteiger partial charge in [0.25, 0.3) is 0 Å². The maximum absolute atomic E-state index is 11.6. The summed E-state index contributed by atoms with van der Waals surface area (Å²) in [4.78, 5) is 11.6. The normalized spacial score (nSPS) is 16.3. The van der Waals surface area contributed by atoms with E-state index in [9.17, 15) is 15.2 Å². The van der Waals surface area contributed by atoms with Crippen LogP contribution in [0.3, 0.4) is 0 Å². The van der Waals surface area contributed by atoms with Crippen molar-refractivity contribution in [1.82, 2.24) is 0 Å². The van der Waals surface area contributed by atoms with Gasteiger partial charge in [0.05, 0.1) is 17.2 Å². The number of phenols is 1. The molecule has 0 aromatic heterocycles. The van der Waals surface area contributed by atoms with Crippen LogP contribution in [0.15, 0.2) is 60.7 Å². The van der Waals surface area contributed by atoms with Gasteiger partial charge >= 0.3 is 0 Å². The number of carbonyl (C=O) groups is 1. The zero-order valence-corrected chi connectivity index (χ0v) is 20.1. The number of ether oxygens (including phenoxy) is 3. The molecule has 2 unspecified atom stereocenters. The second-order valence-electron chi connectivity index (χ2n) is 8.41. The third kappa shape index (κ3) is 6.01. The van der Waals surface area contributed by atoms with Crippen LogP contribution < -0.4 is 4.74 Å². The van der Waals surface area contributed by atoms with Gasteiger partial charge in [-0.25, -0.2) is 0 Å². The van der Waals surface area contributed by atoms with Gasteiger partial charge < -0.3 is 19.3 Å². The van der Waals surface area contributed by atoms with Crippen molar-refractivity contribution < 1.29 is 24.1 Å². The molecule has 1 aliphatic heterocycles. The Morgan fingerprint density at radius 3 is 2.66 bits per heavy atom. The average molecular weight is 492 g/mol. The molecule has 0 bridgehead atoms. The molecule has 3 aromatic carbocycles. The first-order valence-corrected chi connectivity index (χ1v) is 11.8. The second kappa shape index (κ2) is 11.4. The fraction of sp³-hybridized carbons (Fsp3) is 0.286. The van der Waals surface area contributed by atoms with E-state index in [1.807, 2.05) is 42.5 Å². The Morgan fingerprint density at radius 1 is 1.17 bits per heavy atom. The Bertz CT molecular complexity index is 1230. The van der Waals surface area contributed by atoms with Gasteiger partial charge in [-0.1, -0.05) is 48.0 Å². The van der Waals surface area contributed by atoms with E-state index >= 15 is 0 Å².